The van der Waals surface area contributed by atoms with Crippen molar-refractivity contribution in [3.05, 3.63) is 65.5 Å². The lowest BCUT2D eigenvalue weighted by Gasteiger charge is -2.33. The zero-order valence-electron chi connectivity index (χ0n) is 18.9. The number of nitrogens with zero attached hydrogens (tertiary/aromatic N) is 4. The van der Waals surface area contributed by atoms with Gasteiger partial charge in [0.2, 0.25) is 11.8 Å². The van der Waals surface area contributed by atoms with Crippen LogP contribution < -0.4 is 15.4 Å². The number of aromatic nitrogens is 3. The van der Waals surface area contributed by atoms with Crippen LogP contribution in [0.4, 0.5) is 11.8 Å². The number of hydrogen-bond acceptors (Lipinski definition) is 8. The number of ether oxygens (including phenoxy) is 1. The molecule has 8 heteroatoms. The van der Waals surface area contributed by atoms with E-state index in [1.165, 1.54) is 6.20 Å². The summed E-state index contributed by atoms with van der Waals surface area (Å²) in [7, 11) is 0. The number of nitriles is 1. The highest BCUT2D eigenvalue weighted by Gasteiger charge is 2.29. The van der Waals surface area contributed by atoms with E-state index in [0.29, 0.717) is 42.6 Å². The first kappa shape index (κ1) is 22.5. The monoisotopic (exact) mass is 444 g/mol. The van der Waals surface area contributed by atoms with Crippen LogP contribution in [-0.4, -0.2) is 31.7 Å². The quantitative estimate of drug-likeness (QED) is 0.486. The Morgan fingerprint density at radius 3 is 2.79 bits per heavy atom. The highest BCUT2D eigenvalue weighted by atomic mass is 16.5. The summed E-state index contributed by atoms with van der Waals surface area (Å²) in [6, 6.07) is 13.9. The summed E-state index contributed by atoms with van der Waals surface area (Å²) in [4.78, 5) is 13.2. The number of rotatable bonds is 7. The van der Waals surface area contributed by atoms with E-state index < -0.39 is 5.60 Å². The van der Waals surface area contributed by atoms with Crippen LogP contribution in [0.2, 0.25) is 0 Å². The van der Waals surface area contributed by atoms with Gasteiger partial charge < -0.3 is 20.5 Å². The zero-order valence-corrected chi connectivity index (χ0v) is 18.9. The third kappa shape index (κ3) is 5.96. The fraction of sp³-hybridized carbons (Fsp3) is 0.360. The summed E-state index contributed by atoms with van der Waals surface area (Å²) in [6.45, 7) is 4.29. The molecule has 4 rings (SSSR count). The van der Waals surface area contributed by atoms with Crippen molar-refractivity contribution in [2.75, 3.05) is 10.6 Å². The highest BCUT2D eigenvalue weighted by molar-refractivity contribution is 5.54. The van der Waals surface area contributed by atoms with E-state index in [2.05, 4.69) is 31.7 Å². The van der Waals surface area contributed by atoms with Gasteiger partial charge in [0.15, 0.2) is 0 Å². The van der Waals surface area contributed by atoms with Gasteiger partial charge in [0, 0.05) is 24.3 Å². The molecule has 1 saturated carbocycles. The Hall–Kier alpha value is -3.70. The molecule has 0 radical (unpaired) electrons. The normalized spacial score (nSPS) is 20.0. The van der Waals surface area contributed by atoms with Gasteiger partial charge in [0.05, 0.1) is 11.8 Å². The van der Waals surface area contributed by atoms with Crippen molar-refractivity contribution in [2.24, 2.45) is 0 Å². The molecule has 1 aromatic carbocycles. The molecule has 1 fully saturated rings. The number of anilines is 2. The Morgan fingerprint density at radius 1 is 1.21 bits per heavy atom. The van der Waals surface area contributed by atoms with Crippen LogP contribution in [0, 0.1) is 18.3 Å². The highest BCUT2D eigenvalue weighted by Crippen LogP contribution is 2.30. The molecule has 2 aromatic heterocycles. The van der Waals surface area contributed by atoms with Gasteiger partial charge >= 0.3 is 0 Å². The molecule has 0 atom stereocenters. The Kier molecular flexibility index (Phi) is 6.71. The molecule has 33 heavy (non-hydrogen) atoms. The maximum Gasteiger partial charge on any atom is 0.224 e. The van der Waals surface area contributed by atoms with E-state index >= 15 is 0 Å². The SMILES string of the molecule is Cc1cccc(Oc2ncccc2CNc2ncc(C#N)c(N[C@H]3CC[C@@](C)(O)CC3)n2)c1. The van der Waals surface area contributed by atoms with Gasteiger partial charge in [-0.25, -0.2) is 9.97 Å². The molecule has 0 bridgehead atoms. The number of aryl methyl sites for hydroxylation is 1. The predicted molar refractivity (Wildman–Crippen MR) is 126 cm³/mol. The number of nitrogens with one attached hydrogen (secondary N) is 2. The minimum absolute atomic E-state index is 0.160. The molecule has 0 unspecified atom stereocenters. The van der Waals surface area contributed by atoms with Crippen LogP contribution in [0.3, 0.4) is 0 Å². The molecule has 1 aliphatic carbocycles. The van der Waals surface area contributed by atoms with E-state index in [1.807, 2.05) is 50.2 Å². The lowest BCUT2D eigenvalue weighted by molar-refractivity contribution is 0.0196. The summed E-state index contributed by atoms with van der Waals surface area (Å²) in [5.41, 5.74) is 1.74. The molecular weight excluding hydrogens is 416 g/mol. The summed E-state index contributed by atoms with van der Waals surface area (Å²) in [5.74, 6) is 2.15. The average molecular weight is 445 g/mol. The van der Waals surface area contributed by atoms with E-state index in [-0.39, 0.29) is 6.04 Å². The van der Waals surface area contributed by atoms with Crippen molar-refractivity contribution in [3.8, 4) is 17.7 Å². The first-order valence-corrected chi connectivity index (χ1v) is 11.1. The topological polar surface area (TPSA) is 116 Å². The molecule has 170 valence electrons. The molecule has 0 saturated heterocycles. The molecule has 3 aromatic rings. The summed E-state index contributed by atoms with van der Waals surface area (Å²) < 4.78 is 5.99. The van der Waals surface area contributed by atoms with Crippen LogP contribution in [0.15, 0.2) is 48.8 Å². The minimum Gasteiger partial charge on any atom is -0.439 e. The first-order chi connectivity index (χ1) is 15.9. The Balaban J connectivity index is 1.45. The van der Waals surface area contributed by atoms with E-state index in [0.717, 1.165) is 29.7 Å². The molecular formula is C25H28N6O2. The smallest absolute Gasteiger partial charge is 0.224 e. The first-order valence-electron chi connectivity index (χ1n) is 11.1. The Morgan fingerprint density at radius 2 is 2.03 bits per heavy atom. The van der Waals surface area contributed by atoms with Gasteiger partial charge in [-0.15, -0.1) is 0 Å². The van der Waals surface area contributed by atoms with Gasteiger partial charge in [0.25, 0.3) is 0 Å². The molecule has 0 spiro atoms. The van der Waals surface area contributed by atoms with Crippen LogP contribution in [0.5, 0.6) is 11.6 Å². The van der Waals surface area contributed by atoms with E-state index in [4.69, 9.17) is 4.74 Å². The molecule has 8 nitrogen and oxygen atoms in total. The van der Waals surface area contributed by atoms with Gasteiger partial charge in [-0.3, -0.25) is 0 Å². The Bertz CT molecular complexity index is 1150. The Labute approximate surface area is 193 Å². The third-order valence-corrected chi connectivity index (χ3v) is 5.80. The summed E-state index contributed by atoms with van der Waals surface area (Å²) >= 11 is 0. The van der Waals surface area contributed by atoms with Crippen molar-refractivity contribution in [2.45, 2.75) is 57.7 Å². The standard InChI is InChI=1S/C25H28N6O2/c1-17-5-3-7-21(13-17)33-23-18(6-4-12-27-23)15-28-24-29-16-19(14-26)22(31-24)30-20-8-10-25(2,32)11-9-20/h3-7,12-13,16,20,32H,8-11,15H2,1-2H3,(H2,28,29,30,31)/t20-,25+. The fourth-order valence-corrected chi connectivity index (χ4v) is 3.85. The van der Waals surface area contributed by atoms with Gasteiger partial charge in [-0.2, -0.15) is 10.2 Å². The third-order valence-electron chi connectivity index (χ3n) is 5.80. The maximum absolute atomic E-state index is 10.2. The number of aliphatic hydroxyl groups is 1. The number of benzene rings is 1. The fourth-order valence-electron chi connectivity index (χ4n) is 3.85. The van der Waals surface area contributed by atoms with Gasteiger partial charge in [-0.05, 0) is 63.3 Å². The van der Waals surface area contributed by atoms with Crippen LogP contribution in [0.25, 0.3) is 0 Å². The lowest BCUT2D eigenvalue weighted by Crippen LogP contribution is -2.36. The van der Waals surface area contributed by atoms with E-state index in [9.17, 15) is 10.4 Å². The van der Waals surface area contributed by atoms with Crippen LogP contribution >= 0.6 is 0 Å². The van der Waals surface area contributed by atoms with Gasteiger partial charge in [0.1, 0.15) is 23.2 Å². The second-order valence-electron chi connectivity index (χ2n) is 8.72. The second kappa shape index (κ2) is 9.84. The molecule has 1 aliphatic rings. The van der Waals surface area contributed by atoms with Crippen molar-refractivity contribution in [3.63, 3.8) is 0 Å². The lowest BCUT2D eigenvalue weighted by atomic mass is 9.83. The van der Waals surface area contributed by atoms with Gasteiger partial charge in [-0.1, -0.05) is 18.2 Å². The average Bonchev–Trinajstić information content (AvgIpc) is 2.80. The number of pyridine rings is 1. The predicted octanol–water partition coefficient (Wildman–Crippen LogP) is 4.56. The van der Waals surface area contributed by atoms with Crippen molar-refractivity contribution >= 4 is 11.8 Å². The van der Waals surface area contributed by atoms with Crippen LogP contribution in [-0.2, 0) is 6.54 Å². The molecule has 0 aliphatic heterocycles. The van der Waals surface area contributed by atoms with E-state index in [1.54, 1.807) is 6.20 Å². The summed E-state index contributed by atoms with van der Waals surface area (Å²) in [6.07, 6.45) is 6.28. The van der Waals surface area contributed by atoms with Crippen molar-refractivity contribution in [1.29, 1.82) is 5.26 Å². The van der Waals surface area contributed by atoms with Crippen molar-refractivity contribution in [1.82, 2.24) is 15.0 Å². The maximum atomic E-state index is 10.2. The molecule has 0 amide bonds. The second-order valence-corrected chi connectivity index (χ2v) is 8.72. The van der Waals surface area contributed by atoms with Crippen molar-refractivity contribution < 1.29 is 9.84 Å². The van der Waals surface area contributed by atoms with Crippen LogP contribution in [0.1, 0.15) is 49.3 Å². The largest absolute Gasteiger partial charge is 0.439 e. The minimum atomic E-state index is -0.615. The summed E-state index contributed by atoms with van der Waals surface area (Å²) in [5, 5.41) is 26.2. The zero-order chi connectivity index (χ0) is 23.3. The molecule has 3 N–H and O–H groups in total. The number of hydrogen-bond donors (Lipinski definition) is 3. The molecule has 2 heterocycles.